The minimum atomic E-state index is -0.821. The Morgan fingerprint density at radius 3 is 2.54 bits per heavy atom. The van der Waals surface area contributed by atoms with Crippen molar-refractivity contribution in [2.24, 2.45) is 0 Å². The number of amides is 1. The van der Waals surface area contributed by atoms with Crippen LogP contribution >= 0.6 is 11.6 Å². The van der Waals surface area contributed by atoms with Gasteiger partial charge in [0.1, 0.15) is 11.8 Å². The summed E-state index contributed by atoms with van der Waals surface area (Å²) < 4.78 is 15.1. The van der Waals surface area contributed by atoms with E-state index >= 15 is 0 Å². The van der Waals surface area contributed by atoms with E-state index in [1.54, 1.807) is 34.1 Å². The number of pyridine rings is 1. The molecular formula is C20H23ClFN5O. The van der Waals surface area contributed by atoms with Crippen LogP contribution in [0.2, 0.25) is 5.02 Å². The quantitative estimate of drug-likeness (QED) is 0.637. The van der Waals surface area contributed by atoms with E-state index < -0.39 is 6.17 Å². The van der Waals surface area contributed by atoms with Crippen molar-refractivity contribution >= 4 is 28.5 Å². The Balaban J connectivity index is 0.00000109. The maximum atomic E-state index is 13.3. The van der Waals surface area contributed by atoms with Crippen LogP contribution < -0.4 is 0 Å². The van der Waals surface area contributed by atoms with Crippen molar-refractivity contribution in [3.63, 3.8) is 0 Å². The number of likely N-dealkylation sites (tertiary alicyclic amines) is 1. The van der Waals surface area contributed by atoms with E-state index in [1.165, 1.54) is 6.20 Å². The van der Waals surface area contributed by atoms with Crippen molar-refractivity contribution < 1.29 is 9.18 Å². The third-order valence-corrected chi connectivity index (χ3v) is 4.94. The summed E-state index contributed by atoms with van der Waals surface area (Å²) in [5.74, 6) is 0.492. The Labute approximate surface area is 168 Å². The SMILES string of the molecule is CC.Cc1nccnc1-n1cc(Cl)c2cc(C(=O)N3CCC(F)CC3)cnc21. The topological polar surface area (TPSA) is 63.9 Å². The Morgan fingerprint density at radius 1 is 1.18 bits per heavy atom. The van der Waals surface area contributed by atoms with Gasteiger partial charge in [-0.05, 0) is 25.8 Å². The molecule has 4 rings (SSSR count). The third kappa shape index (κ3) is 3.85. The molecule has 1 fully saturated rings. The summed E-state index contributed by atoms with van der Waals surface area (Å²) >= 11 is 6.38. The van der Waals surface area contributed by atoms with Crippen LogP contribution in [-0.2, 0) is 0 Å². The van der Waals surface area contributed by atoms with Gasteiger partial charge in [-0.1, -0.05) is 25.4 Å². The minimum Gasteiger partial charge on any atom is -0.338 e. The number of carbonyl (C=O) groups excluding carboxylic acids is 1. The van der Waals surface area contributed by atoms with Gasteiger partial charge in [0.25, 0.3) is 5.91 Å². The summed E-state index contributed by atoms with van der Waals surface area (Å²) in [6, 6.07) is 1.73. The molecule has 0 unspecified atom stereocenters. The number of aryl methyl sites for hydroxylation is 1. The van der Waals surface area contributed by atoms with Gasteiger partial charge in [-0.25, -0.2) is 14.4 Å². The van der Waals surface area contributed by atoms with Crippen molar-refractivity contribution in [3.8, 4) is 5.82 Å². The lowest BCUT2D eigenvalue weighted by Gasteiger charge is -2.28. The third-order valence-electron chi connectivity index (χ3n) is 4.64. The second kappa shape index (κ2) is 8.65. The fourth-order valence-electron chi connectivity index (χ4n) is 3.22. The molecule has 0 bridgehead atoms. The standard InChI is InChI=1S/C18H17ClFN5O.C2H6/c1-11-16(22-5-4-21-11)25-10-15(19)14-8-12(9-23-17(14)25)18(26)24-6-2-13(20)3-7-24;1-2/h4-5,8-10,13H,2-3,6-7H2,1H3;1-2H3. The molecule has 3 aromatic rings. The number of nitrogens with zero attached hydrogens (tertiary/aromatic N) is 5. The van der Waals surface area contributed by atoms with E-state index in [0.717, 1.165) is 5.69 Å². The number of halogens is 2. The van der Waals surface area contributed by atoms with Crippen LogP contribution in [0.15, 0.2) is 30.9 Å². The highest BCUT2D eigenvalue weighted by Crippen LogP contribution is 2.28. The number of rotatable bonds is 2. The van der Waals surface area contributed by atoms with Crippen LogP contribution in [0.4, 0.5) is 4.39 Å². The summed E-state index contributed by atoms with van der Waals surface area (Å²) in [7, 11) is 0. The monoisotopic (exact) mass is 403 g/mol. The van der Waals surface area contributed by atoms with Crippen LogP contribution in [0.3, 0.4) is 0 Å². The van der Waals surface area contributed by atoms with E-state index in [0.29, 0.717) is 53.4 Å². The van der Waals surface area contributed by atoms with Crippen LogP contribution in [0.1, 0.15) is 42.7 Å². The molecule has 0 saturated carbocycles. The second-order valence-corrected chi connectivity index (χ2v) is 6.78. The molecule has 8 heteroatoms. The van der Waals surface area contributed by atoms with E-state index in [-0.39, 0.29) is 5.91 Å². The molecule has 1 aliphatic rings. The van der Waals surface area contributed by atoms with Crippen molar-refractivity contribution in [2.45, 2.75) is 39.8 Å². The first-order valence-electron chi connectivity index (χ1n) is 9.42. The largest absolute Gasteiger partial charge is 0.338 e. The van der Waals surface area contributed by atoms with Crippen molar-refractivity contribution in [2.75, 3.05) is 13.1 Å². The van der Waals surface area contributed by atoms with Crippen LogP contribution in [0.25, 0.3) is 16.9 Å². The number of fused-ring (bicyclic) bond motifs is 1. The van der Waals surface area contributed by atoms with Gasteiger partial charge >= 0.3 is 0 Å². The van der Waals surface area contributed by atoms with Gasteiger partial charge in [0.05, 0.1) is 16.3 Å². The Kier molecular flexibility index (Phi) is 6.24. The molecule has 0 aliphatic carbocycles. The average molecular weight is 404 g/mol. The molecule has 6 nitrogen and oxygen atoms in total. The van der Waals surface area contributed by atoms with Gasteiger partial charge in [0.15, 0.2) is 5.82 Å². The van der Waals surface area contributed by atoms with Gasteiger partial charge in [-0.15, -0.1) is 0 Å². The molecule has 0 radical (unpaired) electrons. The number of hydrogen-bond acceptors (Lipinski definition) is 4. The lowest BCUT2D eigenvalue weighted by Crippen LogP contribution is -2.39. The molecule has 3 aromatic heterocycles. The minimum absolute atomic E-state index is 0.147. The smallest absolute Gasteiger partial charge is 0.255 e. The normalized spacial score (nSPS) is 14.7. The highest BCUT2D eigenvalue weighted by Gasteiger charge is 2.24. The van der Waals surface area contributed by atoms with Crippen LogP contribution in [0.5, 0.6) is 0 Å². The maximum Gasteiger partial charge on any atom is 0.255 e. The van der Waals surface area contributed by atoms with Gasteiger partial charge in [0, 0.05) is 43.3 Å². The van der Waals surface area contributed by atoms with Crippen molar-refractivity contribution in [1.29, 1.82) is 0 Å². The van der Waals surface area contributed by atoms with Gasteiger partial charge < -0.3 is 4.90 Å². The molecule has 4 heterocycles. The van der Waals surface area contributed by atoms with Crippen molar-refractivity contribution in [3.05, 3.63) is 47.1 Å². The molecule has 0 aromatic carbocycles. The predicted octanol–water partition coefficient (Wildman–Crippen LogP) is 4.38. The van der Waals surface area contributed by atoms with Crippen LogP contribution in [-0.4, -0.2) is 49.6 Å². The Hall–Kier alpha value is -2.54. The maximum absolute atomic E-state index is 13.3. The number of carbonyl (C=O) groups is 1. The lowest BCUT2D eigenvalue weighted by molar-refractivity contribution is 0.0667. The van der Waals surface area contributed by atoms with Gasteiger partial charge in [0.2, 0.25) is 0 Å². The van der Waals surface area contributed by atoms with E-state index in [4.69, 9.17) is 11.6 Å². The summed E-state index contributed by atoms with van der Waals surface area (Å²) in [5.41, 5.74) is 1.81. The van der Waals surface area contributed by atoms with E-state index in [2.05, 4.69) is 15.0 Å². The summed E-state index contributed by atoms with van der Waals surface area (Å²) in [6.07, 6.45) is 6.42. The number of aromatic nitrogens is 4. The first kappa shape index (κ1) is 20.2. The molecular weight excluding hydrogens is 381 g/mol. The molecule has 1 aliphatic heterocycles. The molecule has 1 amide bonds. The van der Waals surface area contributed by atoms with Crippen LogP contribution in [0, 0.1) is 6.92 Å². The zero-order chi connectivity index (χ0) is 20.3. The fourth-order valence-corrected chi connectivity index (χ4v) is 3.45. The number of hydrogen-bond donors (Lipinski definition) is 0. The number of piperidine rings is 1. The summed E-state index contributed by atoms with van der Waals surface area (Å²) in [4.78, 5) is 27.4. The van der Waals surface area contributed by atoms with E-state index in [9.17, 15) is 9.18 Å². The average Bonchev–Trinajstić information content (AvgIpc) is 3.06. The lowest BCUT2D eigenvalue weighted by atomic mass is 10.1. The first-order chi connectivity index (χ1) is 13.5. The molecule has 28 heavy (non-hydrogen) atoms. The molecule has 0 N–H and O–H groups in total. The van der Waals surface area contributed by atoms with Gasteiger partial charge in [-0.2, -0.15) is 0 Å². The zero-order valence-electron chi connectivity index (χ0n) is 16.2. The highest BCUT2D eigenvalue weighted by molar-refractivity contribution is 6.35. The molecule has 1 saturated heterocycles. The highest BCUT2D eigenvalue weighted by atomic mass is 35.5. The Bertz CT molecular complexity index is 982. The molecule has 0 spiro atoms. The summed E-state index contributed by atoms with van der Waals surface area (Å²) in [5, 5.41) is 1.15. The Morgan fingerprint density at radius 2 is 1.86 bits per heavy atom. The van der Waals surface area contributed by atoms with Crippen molar-refractivity contribution in [1.82, 2.24) is 24.4 Å². The predicted molar refractivity (Wildman–Crippen MR) is 108 cm³/mol. The van der Waals surface area contributed by atoms with E-state index in [1.807, 2.05) is 20.8 Å². The number of alkyl halides is 1. The first-order valence-corrected chi connectivity index (χ1v) is 9.80. The second-order valence-electron chi connectivity index (χ2n) is 6.37. The molecule has 148 valence electrons. The fraction of sp³-hybridized carbons (Fsp3) is 0.400. The van der Waals surface area contributed by atoms with Gasteiger partial charge in [-0.3, -0.25) is 14.3 Å². The zero-order valence-corrected chi connectivity index (χ0v) is 16.9. The summed E-state index contributed by atoms with van der Waals surface area (Å²) in [6.45, 7) is 6.70. The molecule has 0 atom stereocenters.